The van der Waals surface area contributed by atoms with E-state index in [1.165, 1.54) is 11.1 Å². The summed E-state index contributed by atoms with van der Waals surface area (Å²) in [4.78, 5) is 14.1. The average Bonchev–Trinajstić information content (AvgIpc) is 2.56. The molecule has 3 rings (SSSR count). The Labute approximate surface area is 102 Å². The van der Waals surface area contributed by atoms with Crippen molar-refractivity contribution in [1.29, 1.82) is 0 Å². The van der Waals surface area contributed by atoms with Crippen molar-refractivity contribution >= 4 is 11.6 Å². The van der Waals surface area contributed by atoms with Gasteiger partial charge in [-0.15, -0.1) is 0 Å². The molecule has 0 saturated heterocycles. The van der Waals surface area contributed by atoms with Crippen LogP contribution in [-0.2, 0) is 4.79 Å². The van der Waals surface area contributed by atoms with Gasteiger partial charge in [-0.05, 0) is 43.4 Å². The predicted molar refractivity (Wildman–Crippen MR) is 68.0 cm³/mol. The fourth-order valence-corrected chi connectivity index (χ4v) is 3.29. The number of nitrogens with two attached hydrogens (primary N) is 1. The van der Waals surface area contributed by atoms with E-state index in [2.05, 4.69) is 26.0 Å². The molecule has 1 amide bonds. The molecule has 1 aliphatic carbocycles. The van der Waals surface area contributed by atoms with Gasteiger partial charge in [0, 0.05) is 24.2 Å². The molecule has 3 nitrogen and oxygen atoms in total. The maximum atomic E-state index is 12.2. The summed E-state index contributed by atoms with van der Waals surface area (Å²) in [7, 11) is 0. The molecule has 2 aliphatic rings. The summed E-state index contributed by atoms with van der Waals surface area (Å²) >= 11 is 0. The standard InChI is InChI=1S/C14H18N2O/c1-8(2)16-12-5-3-4-10-11(15)6-9(14(10)12)7-13(16)17/h3-5,8-9,11H,6-7,15H2,1-2H3. The Morgan fingerprint density at radius 2 is 2.18 bits per heavy atom. The topological polar surface area (TPSA) is 46.3 Å². The first-order valence-electron chi connectivity index (χ1n) is 6.30. The van der Waals surface area contributed by atoms with Crippen molar-refractivity contribution in [3.8, 4) is 0 Å². The second kappa shape index (κ2) is 3.57. The Balaban J connectivity index is 2.19. The van der Waals surface area contributed by atoms with Gasteiger partial charge in [0.1, 0.15) is 0 Å². The van der Waals surface area contributed by atoms with Crippen LogP contribution in [0.15, 0.2) is 18.2 Å². The highest BCUT2D eigenvalue weighted by molar-refractivity contribution is 5.98. The molecule has 1 aromatic carbocycles. The minimum Gasteiger partial charge on any atom is -0.324 e. The minimum atomic E-state index is 0.106. The zero-order valence-corrected chi connectivity index (χ0v) is 10.3. The first kappa shape index (κ1) is 10.8. The predicted octanol–water partition coefficient (Wildman–Crippen LogP) is 2.32. The lowest BCUT2D eigenvalue weighted by Crippen LogP contribution is -2.41. The molecule has 0 spiro atoms. The summed E-state index contributed by atoms with van der Waals surface area (Å²) < 4.78 is 0. The third-order valence-corrected chi connectivity index (χ3v) is 3.93. The van der Waals surface area contributed by atoms with Gasteiger partial charge in [0.2, 0.25) is 5.91 Å². The number of hydrogen-bond acceptors (Lipinski definition) is 2. The Bertz CT molecular complexity index is 481. The fourth-order valence-electron chi connectivity index (χ4n) is 3.29. The molecular weight excluding hydrogens is 212 g/mol. The van der Waals surface area contributed by atoms with Gasteiger partial charge in [-0.1, -0.05) is 12.1 Å². The first-order chi connectivity index (χ1) is 8.09. The normalized spacial score (nSPS) is 26.6. The summed E-state index contributed by atoms with van der Waals surface area (Å²) in [6.07, 6.45) is 1.54. The van der Waals surface area contributed by atoms with E-state index in [0.29, 0.717) is 12.3 Å². The number of carbonyl (C=O) groups excluding carboxylic acids is 1. The monoisotopic (exact) mass is 230 g/mol. The minimum absolute atomic E-state index is 0.106. The smallest absolute Gasteiger partial charge is 0.227 e. The van der Waals surface area contributed by atoms with E-state index in [1.54, 1.807) is 0 Å². The molecule has 2 unspecified atom stereocenters. The number of hydrogen-bond donors (Lipinski definition) is 1. The van der Waals surface area contributed by atoms with Crippen LogP contribution in [0.1, 0.15) is 49.8 Å². The summed E-state index contributed by atoms with van der Waals surface area (Å²) in [6.45, 7) is 4.12. The fraction of sp³-hybridized carbons (Fsp3) is 0.500. The number of rotatable bonds is 1. The van der Waals surface area contributed by atoms with E-state index >= 15 is 0 Å². The Hall–Kier alpha value is -1.35. The van der Waals surface area contributed by atoms with Crippen molar-refractivity contribution in [2.24, 2.45) is 5.73 Å². The molecule has 17 heavy (non-hydrogen) atoms. The number of amides is 1. The second-order valence-corrected chi connectivity index (χ2v) is 5.38. The van der Waals surface area contributed by atoms with Gasteiger partial charge in [0.05, 0.1) is 0 Å². The van der Waals surface area contributed by atoms with Gasteiger partial charge in [-0.2, -0.15) is 0 Å². The molecule has 1 aliphatic heterocycles. The molecule has 0 fully saturated rings. The highest BCUT2D eigenvalue weighted by Crippen LogP contribution is 2.49. The lowest BCUT2D eigenvalue weighted by molar-refractivity contribution is -0.119. The SMILES string of the molecule is CC(C)N1C(=O)CC2CC(N)c3cccc1c32. The van der Waals surface area contributed by atoms with E-state index in [-0.39, 0.29) is 18.0 Å². The molecule has 90 valence electrons. The van der Waals surface area contributed by atoms with Crippen LogP contribution >= 0.6 is 0 Å². The maximum Gasteiger partial charge on any atom is 0.227 e. The summed E-state index contributed by atoms with van der Waals surface area (Å²) in [5.41, 5.74) is 9.80. The average molecular weight is 230 g/mol. The second-order valence-electron chi connectivity index (χ2n) is 5.38. The van der Waals surface area contributed by atoms with Crippen molar-refractivity contribution in [3.63, 3.8) is 0 Å². The molecule has 2 N–H and O–H groups in total. The van der Waals surface area contributed by atoms with Crippen LogP contribution in [0.4, 0.5) is 5.69 Å². The van der Waals surface area contributed by atoms with Gasteiger partial charge < -0.3 is 10.6 Å². The third-order valence-electron chi connectivity index (χ3n) is 3.93. The molecule has 0 saturated carbocycles. The lowest BCUT2D eigenvalue weighted by atomic mass is 9.90. The largest absolute Gasteiger partial charge is 0.324 e. The quantitative estimate of drug-likeness (QED) is 0.804. The highest BCUT2D eigenvalue weighted by Gasteiger charge is 2.39. The molecular formula is C14H18N2O. The molecule has 2 atom stereocenters. The van der Waals surface area contributed by atoms with E-state index in [1.807, 2.05) is 11.0 Å². The van der Waals surface area contributed by atoms with Gasteiger partial charge in [-0.25, -0.2) is 0 Å². The van der Waals surface area contributed by atoms with Gasteiger partial charge in [0.15, 0.2) is 0 Å². The van der Waals surface area contributed by atoms with E-state index in [9.17, 15) is 4.79 Å². The number of benzene rings is 1. The van der Waals surface area contributed by atoms with Crippen molar-refractivity contribution < 1.29 is 4.79 Å². The summed E-state index contributed by atoms with van der Waals surface area (Å²) in [6, 6.07) is 6.50. The Morgan fingerprint density at radius 1 is 1.41 bits per heavy atom. The molecule has 1 aromatic rings. The van der Waals surface area contributed by atoms with Gasteiger partial charge >= 0.3 is 0 Å². The van der Waals surface area contributed by atoms with Crippen molar-refractivity contribution in [2.75, 3.05) is 4.90 Å². The van der Waals surface area contributed by atoms with Crippen LogP contribution in [0.5, 0.6) is 0 Å². The first-order valence-corrected chi connectivity index (χ1v) is 6.30. The number of carbonyl (C=O) groups is 1. The van der Waals surface area contributed by atoms with Crippen LogP contribution in [-0.4, -0.2) is 11.9 Å². The van der Waals surface area contributed by atoms with Crippen molar-refractivity contribution in [2.45, 2.75) is 44.7 Å². The van der Waals surface area contributed by atoms with Gasteiger partial charge in [-0.3, -0.25) is 4.79 Å². The van der Waals surface area contributed by atoms with E-state index < -0.39 is 0 Å². The van der Waals surface area contributed by atoms with Crippen LogP contribution in [0.2, 0.25) is 0 Å². The zero-order chi connectivity index (χ0) is 12.2. The number of anilines is 1. The third kappa shape index (κ3) is 1.42. The molecule has 0 bridgehead atoms. The molecule has 3 heteroatoms. The Morgan fingerprint density at radius 3 is 2.88 bits per heavy atom. The van der Waals surface area contributed by atoms with E-state index in [4.69, 9.17) is 5.73 Å². The van der Waals surface area contributed by atoms with Gasteiger partial charge in [0.25, 0.3) is 0 Å². The number of nitrogens with zero attached hydrogens (tertiary/aromatic N) is 1. The van der Waals surface area contributed by atoms with Crippen LogP contribution in [0.25, 0.3) is 0 Å². The van der Waals surface area contributed by atoms with Crippen LogP contribution in [0, 0.1) is 0 Å². The van der Waals surface area contributed by atoms with Crippen molar-refractivity contribution in [1.82, 2.24) is 0 Å². The van der Waals surface area contributed by atoms with E-state index in [0.717, 1.165) is 12.1 Å². The summed E-state index contributed by atoms with van der Waals surface area (Å²) in [5, 5.41) is 0. The highest BCUT2D eigenvalue weighted by atomic mass is 16.2. The summed E-state index contributed by atoms with van der Waals surface area (Å²) in [5.74, 6) is 0.586. The van der Waals surface area contributed by atoms with Crippen molar-refractivity contribution in [3.05, 3.63) is 29.3 Å². The molecule has 0 radical (unpaired) electrons. The van der Waals surface area contributed by atoms with Crippen LogP contribution in [0.3, 0.4) is 0 Å². The molecule has 0 aromatic heterocycles. The van der Waals surface area contributed by atoms with Crippen LogP contribution < -0.4 is 10.6 Å². The lowest BCUT2D eigenvalue weighted by Gasteiger charge is -2.35. The maximum absolute atomic E-state index is 12.2. The molecule has 1 heterocycles. The zero-order valence-electron chi connectivity index (χ0n) is 10.3. The Kier molecular flexibility index (Phi) is 2.26.